The smallest absolute Gasteiger partial charge is 0.167 e. The lowest BCUT2D eigenvalue weighted by Crippen LogP contribution is -2.37. The number of halogens is 1. The van der Waals surface area contributed by atoms with Crippen LogP contribution in [0, 0.1) is 5.82 Å². The molecule has 0 heterocycles. The van der Waals surface area contributed by atoms with Crippen LogP contribution in [0.2, 0.25) is 0 Å². The maximum atomic E-state index is 13.8. The van der Waals surface area contributed by atoms with Gasteiger partial charge in [0.1, 0.15) is 0 Å². The second-order valence-corrected chi connectivity index (χ2v) is 4.89. The predicted octanol–water partition coefficient (Wildman–Crippen LogP) is 3.59. The van der Waals surface area contributed by atoms with Gasteiger partial charge in [-0.05, 0) is 31.9 Å². The lowest BCUT2D eigenvalue weighted by molar-refractivity contribution is 0.0606. The number of rotatable bonds is 5. The molecule has 1 aliphatic carbocycles. The minimum absolute atomic E-state index is 0.211. The number of hydrogen-bond acceptors (Lipinski definition) is 3. The number of methoxy groups -OCH3 is 1. The van der Waals surface area contributed by atoms with E-state index >= 15 is 0 Å². The van der Waals surface area contributed by atoms with Crippen LogP contribution in [-0.4, -0.2) is 25.9 Å². The lowest BCUT2D eigenvalue weighted by Gasteiger charge is -2.31. The fraction of sp³-hybridized carbons (Fsp3) is 0.600. The summed E-state index contributed by atoms with van der Waals surface area (Å²) in [4.78, 5) is 0. The summed E-state index contributed by atoms with van der Waals surface area (Å²) in [5.74, 6) is -0.0170. The van der Waals surface area contributed by atoms with Gasteiger partial charge in [-0.25, -0.2) is 4.39 Å². The van der Waals surface area contributed by atoms with Crippen molar-refractivity contribution in [2.45, 2.75) is 44.8 Å². The molecule has 106 valence electrons. The van der Waals surface area contributed by atoms with Gasteiger partial charge in [0.25, 0.3) is 0 Å². The van der Waals surface area contributed by atoms with Gasteiger partial charge in [0, 0.05) is 18.9 Å². The van der Waals surface area contributed by atoms with Gasteiger partial charge in [0.15, 0.2) is 11.6 Å². The Labute approximate surface area is 114 Å². The zero-order valence-corrected chi connectivity index (χ0v) is 11.6. The zero-order valence-electron chi connectivity index (χ0n) is 11.6. The summed E-state index contributed by atoms with van der Waals surface area (Å²) in [7, 11) is 1.74. The van der Waals surface area contributed by atoms with Gasteiger partial charge in [-0.1, -0.05) is 12.8 Å². The summed E-state index contributed by atoms with van der Waals surface area (Å²) < 4.78 is 24.5. The maximum Gasteiger partial charge on any atom is 0.167 e. The molecular formula is C15H22FNO2. The molecule has 0 bridgehead atoms. The first-order valence-electron chi connectivity index (χ1n) is 6.96. The van der Waals surface area contributed by atoms with Crippen LogP contribution in [0.1, 0.15) is 32.6 Å². The first-order valence-corrected chi connectivity index (χ1v) is 6.96. The van der Waals surface area contributed by atoms with Crippen LogP contribution in [0.3, 0.4) is 0 Å². The highest BCUT2D eigenvalue weighted by Crippen LogP contribution is 2.26. The van der Waals surface area contributed by atoms with E-state index in [4.69, 9.17) is 9.47 Å². The van der Waals surface area contributed by atoms with Crippen LogP contribution in [0.15, 0.2) is 18.2 Å². The highest BCUT2D eigenvalue weighted by Gasteiger charge is 2.24. The lowest BCUT2D eigenvalue weighted by atomic mass is 9.92. The van der Waals surface area contributed by atoms with Gasteiger partial charge in [0.2, 0.25) is 0 Å². The van der Waals surface area contributed by atoms with Crippen molar-refractivity contribution in [2.24, 2.45) is 0 Å². The molecule has 1 fully saturated rings. The third-order valence-electron chi connectivity index (χ3n) is 3.59. The van der Waals surface area contributed by atoms with E-state index in [0.717, 1.165) is 18.5 Å². The van der Waals surface area contributed by atoms with Crippen LogP contribution in [0.4, 0.5) is 10.1 Å². The fourth-order valence-electron chi connectivity index (χ4n) is 2.62. The Morgan fingerprint density at radius 3 is 2.79 bits per heavy atom. The van der Waals surface area contributed by atoms with Crippen LogP contribution < -0.4 is 10.1 Å². The Kier molecular flexibility index (Phi) is 5.02. The van der Waals surface area contributed by atoms with E-state index in [9.17, 15) is 4.39 Å². The summed E-state index contributed by atoms with van der Waals surface area (Å²) in [6, 6.07) is 5.28. The third kappa shape index (κ3) is 3.60. The first kappa shape index (κ1) is 14.1. The van der Waals surface area contributed by atoms with Gasteiger partial charge < -0.3 is 14.8 Å². The largest absolute Gasteiger partial charge is 0.491 e. The van der Waals surface area contributed by atoms with Crippen LogP contribution >= 0.6 is 0 Å². The predicted molar refractivity (Wildman–Crippen MR) is 74.2 cm³/mol. The Morgan fingerprint density at radius 2 is 2.11 bits per heavy atom. The molecule has 1 aromatic rings. The monoisotopic (exact) mass is 267 g/mol. The van der Waals surface area contributed by atoms with E-state index in [2.05, 4.69) is 5.32 Å². The van der Waals surface area contributed by atoms with Crippen molar-refractivity contribution in [3.63, 3.8) is 0 Å². The van der Waals surface area contributed by atoms with Gasteiger partial charge in [-0.2, -0.15) is 0 Å². The molecule has 1 saturated carbocycles. The van der Waals surface area contributed by atoms with Gasteiger partial charge in [-0.3, -0.25) is 0 Å². The van der Waals surface area contributed by atoms with Crippen molar-refractivity contribution in [2.75, 3.05) is 19.0 Å². The molecular weight excluding hydrogens is 245 g/mol. The molecule has 0 saturated heterocycles. The van der Waals surface area contributed by atoms with Crippen molar-refractivity contribution >= 4 is 5.69 Å². The highest BCUT2D eigenvalue weighted by atomic mass is 19.1. The molecule has 0 radical (unpaired) electrons. The summed E-state index contributed by atoms with van der Waals surface area (Å²) in [6.45, 7) is 2.31. The first-order chi connectivity index (χ1) is 9.24. The zero-order chi connectivity index (χ0) is 13.7. The molecule has 0 spiro atoms. The molecule has 0 aromatic heterocycles. The summed E-state index contributed by atoms with van der Waals surface area (Å²) in [5, 5.41) is 3.37. The molecule has 4 heteroatoms. The van der Waals surface area contributed by atoms with E-state index in [-0.39, 0.29) is 18.0 Å². The third-order valence-corrected chi connectivity index (χ3v) is 3.59. The molecule has 2 rings (SSSR count). The number of ether oxygens (including phenoxy) is 2. The highest BCUT2D eigenvalue weighted by molar-refractivity contribution is 5.48. The Hall–Kier alpha value is -1.29. The van der Waals surface area contributed by atoms with Gasteiger partial charge in [0.05, 0.1) is 18.8 Å². The van der Waals surface area contributed by atoms with Crippen LogP contribution in [0.25, 0.3) is 0 Å². The molecule has 2 atom stereocenters. The van der Waals surface area contributed by atoms with E-state index in [0.29, 0.717) is 12.4 Å². The summed E-state index contributed by atoms with van der Waals surface area (Å²) in [6.07, 6.45) is 4.73. The molecule has 0 amide bonds. The fourth-order valence-corrected chi connectivity index (χ4v) is 2.62. The standard InChI is InChI=1S/C15H22FNO2/c1-3-19-14-9-8-11(10-12(14)16)17-13-6-4-5-7-15(13)18-2/h8-10,13,15,17H,3-7H2,1-2H3. The molecule has 19 heavy (non-hydrogen) atoms. The topological polar surface area (TPSA) is 30.5 Å². The van der Waals surface area contributed by atoms with Gasteiger partial charge in [-0.15, -0.1) is 0 Å². The molecule has 0 aliphatic heterocycles. The minimum Gasteiger partial charge on any atom is -0.491 e. The van der Waals surface area contributed by atoms with Crippen LogP contribution in [0.5, 0.6) is 5.75 Å². The molecule has 1 aliphatic rings. The van der Waals surface area contributed by atoms with Crippen molar-refractivity contribution in [1.82, 2.24) is 0 Å². The van der Waals surface area contributed by atoms with Crippen LogP contribution in [-0.2, 0) is 4.74 Å². The Morgan fingerprint density at radius 1 is 1.32 bits per heavy atom. The average Bonchev–Trinajstić information content (AvgIpc) is 2.43. The van der Waals surface area contributed by atoms with Crippen molar-refractivity contribution < 1.29 is 13.9 Å². The maximum absolute atomic E-state index is 13.8. The van der Waals surface area contributed by atoms with E-state index < -0.39 is 0 Å². The normalized spacial score (nSPS) is 23.1. The van der Waals surface area contributed by atoms with Gasteiger partial charge >= 0.3 is 0 Å². The second-order valence-electron chi connectivity index (χ2n) is 4.89. The minimum atomic E-state index is -0.323. The molecule has 3 nitrogen and oxygen atoms in total. The molecule has 1 aromatic carbocycles. The van der Waals surface area contributed by atoms with E-state index in [1.807, 2.05) is 13.0 Å². The second kappa shape index (κ2) is 6.75. The number of benzene rings is 1. The summed E-state index contributed by atoms with van der Waals surface area (Å²) in [5.41, 5.74) is 0.787. The average molecular weight is 267 g/mol. The summed E-state index contributed by atoms with van der Waals surface area (Å²) >= 11 is 0. The number of anilines is 1. The number of hydrogen-bond donors (Lipinski definition) is 1. The molecule has 1 N–H and O–H groups in total. The SMILES string of the molecule is CCOc1ccc(NC2CCCCC2OC)cc1F. The Balaban J connectivity index is 2.03. The van der Waals surface area contributed by atoms with Crippen molar-refractivity contribution in [3.05, 3.63) is 24.0 Å². The number of nitrogens with one attached hydrogen (secondary N) is 1. The van der Waals surface area contributed by atoms with E-state index in [1.54, 1.807) is 13.2 Å². The molecule has 2 unspecified atom stereocenters. The quantitative estimate of drug-likeness (QED) is 0.884. The van der Waals surface area contributed by atoms with E-state index in [1.165, 1.54) is 18.9 Å². The van der Waals surface area contributed by atoms with Crippen molar-refractivity contribution in [1.29, 1.82) is 0 Å². The Bertz CT molecular complexity index is 411. The van der Waals surface area contributed by atoms with Crippen molar-refractivity contribution in [3.8, 4) is 5.75 Å².